The van der Waals surface area contributed by atoms with Crippen molar-refractivity contribution in [2.24, 2.45) is 17.6 Å². The maximum Gasteiger partial charge on any atom is 0.222 e. The van der Waals surface area contributed by atoms with Gasteiger partial charge in [0, 0.05) is 25.6 Å². The van der Waals surface area contributed by atoms with Crippen molar-refractivity contribution in [3.8, 4) is 0 Å². The van der Waals surface area contributed by atoms with Crippen molar-refractivity contribution in [1.29, 1.82) is 0 Å². The van der Waals surface area contributed by atoms with Crippen molar-refractivity contribution in [2.75, 3.05) is 33.7 Å². The zero-order valence-corrected chi connectivity index (χ0v) is 12.5. The van der Waals surface area contributed by atoms with Gasteiger partial charge < -0.3 is 15.5 Å². The topological polar surface area (TPSA) is 49.6 Å². The predicted octanol–water partition coefficient (Wildman–Crippen LogP) is 1.30. The molecule has 0 radical (unpaired) electrons. The molecule has 4 nitrogen and oxygen atoms in total. The lowest BCUT2D eigenvalue weighted by Gasteiger charge is -2.28. The lowest BCUT2D eigenvalue weighted by molar-refractivity contribution is -0.131. The van der Waals surface area contributed by atoms with Gasteiger partial charge in [0.05, 0.1) is 0 Å². The molecule has 2 fully saturated rings. The van der Waals surface area contributed by atoms with E-state index in [4.69, 9.17) is 5.73 Å². The SMILES string of the molecule is CN(C)C1CCN(C(=O)CC2CCC(CN)CC2)C1. The Balaban J connectivity index is 1.73. The molecule has 0 aromatic rings. The first-order valence-corrected chi connectivity index (χ1v) is 7.74. The number of carbonyl (C=O) groups is 1. The molecule has 1 atom stereocenters. The molecule has 4 heteroatoms. The number of likely N-dealkylation sites (tertiary alicyclic amines) is 1. The Hall–Kier alpha value is -0.610. The fraction of sp³-hybridized carbons (Fsp3) is 0.933. The van der Waals surface area contributed by atoms with Crippen molar-refractivity contribution in [1.82, 2.24) is 9.80 Å². The molecule has 2 N–H and O–H groups in total. The van der Waals surface area contributed by atoms with Crippen LogP contribution in [0.2, 0.25) is 0 Å². The van der Waals surface area contributed by atoms with Crippen LogP contribution in [-0.4, -0.2) is 55.5 Å². The van der Waals surface area contributed by atoms with E-state index in [1.165, 1.54) is 25.7 Å². The van der Waals surface area contributed by atoms with Gasteiger partial charge in [0.2, 0.25) is 5.91 Å². The monoisotopic (exact) mass is 267 g/mol. The van der Waals surface area contributed by atoms with Crippen LogP contribution in [0.25, 0.3) is 0 Å². The fourth-order valence-corrected chi connectivity index (χ4v) is 3.44. The summed E-state index contributed by atoms with van der Waals surface area (Å²) in [7, 11) is 4.21. The highest BCUT2D eigenvalue weighted by atomic mass is 16.2. The van der Waals surface area contributed by atoms with E-state index in [0.717, 1.165) is 32.5 Å². The van der Waals surface area contributed by atoms with Crippen LogP contribution in [-0.2, 0) is 4.79 Å². The summed E-state index contributed by atoms with van der Waals surface area (Å²) in [5.41, 5.74) is 5.71. The predicted molar refractivity (Wildman–Crippen MR) is 77.8 cm³/mol. The highest BCUT2D eigenvalue weighted by Crippen LogP contribution is 2.31. The van der Waals surface area contributed by atoms with Crippen molar-refractivity contribution >= 4 is 5.91 Å². The standard InChI is InChI=1S/C15H29N3O/c1-17(2)14-7-8-18(11-14)15(19)9-12-3-5-13(10-16)6-4-12/h12-14H,3-11,16H2,1-2H3. The average molecular weight is 267 g/mol. The van der Waals surface area contributed by atoms with E-state index in [0.29, 0.717) is 23.8 Å². The van der Waals surface area contributed by atoms with E-state index in [-0.39, 0.29) is 0 Å². The second kappa shape index (κ2) is 6.71. The molecule has 1 aliphatic carbocycles. The third-order valence-electron chi connectivity index (χ3n) is 5.01. The van der Waals surface area contributed by atoms with Crippen LogP contribution in [0.15, 0.2) is 0 Å². The van der Waals surface area contributed by atoms with E-state index in [1.54, 1.807) is 0 Å². The van der Waals surface area contributed by atoms with Crippen molar-refractivity contribution in [3.05, 3.63) is 0 Å². The van der Waals surface area contributed by atoms with E-state index in [9.17, 15) is 4.79 Å². The van der Waals surface area contributed by atoms with E-state index >= 15 is 0 Å². The summed E-state index contributed by atoms with van der Waals surface area (Å²) in [6, 6.07) is 0.553. The molecule has 1 unspecified atom stereocenters. The molecule has 1 saturated heterocycles. The third-order valence-corrected chi connectivity index (χ3v) is 5.01. The summed E-state index contributed by atoms with van der Waals surface area (Å²) in [6.07, 6.45) is 6.71. The first kappa shape index (κ1) is 14.8. The molecule has 1 aliphatic heterocycles. The third kappa shape index (κ3) is 3.93. The van der Waals surface area contributed by atoms with Crippen molar-refractivity contribution < 1.29 is 4.79 Å². The Morgan fingerprint density at radius 2 is 1.79 bits per heavy atom. The minimum Gasteiger partial charge on any atom is -0.341 e. The van der Waals surface area contributed by atoms with E-state index < -0.39 is 0 Å². The van der Waals surface area contributed by atoms with Crippen LogP contribution >= 0.6 is 0 Å². The number of carbonyl (C=O) groups excluding carboxylic acids is 1. The largest absolute Gasteiger partial charge is 0.341 e. The number of nitrogens with zero attached hydrogens (tertiary/aromatic N) is 2. The highest BCUT2D eigenvalue weighted by Gasteiger charge is 2.29. The van der Waals surface area contributed by atoms with Crippen LogP contribution in [0.5, 0.6) is 0 Å². The van der Waals surface area contributed by atoms with Crippen LogP contribution in [0.3, 0.4) is 0 Å². The van der Waals surface area contributed by atoms with Crippen LogP contribution in [0, 0.1) is 11.8 Å². The van der Waals surface area contributed by atoms with Crippen molar-refractivity contribution in [3.63, 3.8) is 0 Å². The molecule has 110 valence electrons. The van der Waals surface area contributed by atoms with Crippen LogP contribution < -0.4 is 5.73 Å². The van der Waals surface area contributed by atoms with Gasteiger partial charge in [-0.2, -0.15) is 0 Å². The van der Waals surface area contributed by atoms with Crippen LogP contribution in [0.4, 0.5) is 0 Å². The summed E-state index contributed by atoms with van der Waals surface area (Å²) in [4.78, 5) is 16.6. The lowest BCUT2D eigenvalue weighted by Crippen LogP contribution is -2.35. The number of nitrogens with two attached hydrogens (primary N) is 1. The number of amides is 1. The maximum absolute atomic E-state index is 12.3. The number of likely N-dealkylation sites (N-methyl/N-ethyl adjacent to an activating group) is 1. The summed E-state index contributed by atoms with van der Waals surface area (Å²) >= 11 is 0. The van der Waals surface area contributed by atoms with Gasteiger partial charge in [0.1, 0.15) is 0 Å². The summed E-state index contributed by atoms with van der Waals surface area (Å²) < 4.78 is 0. The molecule has 1 amide bonds. The van der Waals surface area contributed by atoms with Gasteiger partial charge in [0.15, 0.2) is 0 Å². The molecular weight excluding hydrogens is 238 g/mol. The highest BCUT2D eigenvalue weighted by molar-refractivity contribution is 5.76. The van der Waals surface area contributed by atoms with Gasteiger partial charge in [-0.05, 0) is 64.6 Å². The molecule has 2 aliphatic rings. The van der Waals surface area contributed by atoms with Gasteiger partial charge >= 0.3 is 0 Å². The molecular formula is C15H29N3O. The minimum absolute atomic E-state index is 0.376. The Morgan fingerprint density at radius 3 is 2.32 bits per heavy atom. The van der Waals surface area contributed by atoms with Gasteiger partial charge in [-0.15, -0.1) is 0 Å². The second-order valence-corrected chi connectivity index (χ2v) is 6.57. The lowest BCUT2D eigenvalue weighted by atomic mass is 9.80. The van der Waals surface area contributed by atoms with Gasteiger partial charge in [-0.25, -0.2) is 0 Å². The Labute approximate surface area is 117 Å². The molecule has 1 heterocycles. The first-order valence-electron chi connectivity index (χ1n) is 7.74. The molecule has 1 saturated carbocycles. The summed E-state index contributed by atoms with van der Waals surface area (Å²) in [5.74, 6) is 1.69. The number of hydrogen-bond donors (Lipinski definition) is 1. The van der Waals surface area contributed by atoms with E-state index in [1.807, 2.05) is 0 Å². The minimum atomic E-state index is 0.376. The first-order chi connectivity index (χ1) is 9.10. The smallest absolute Gasteiger partial charge is 0.222 e. The molecule has 0 aromatic heterocycles. The zero-order valence-electron chi connectivity index (χ0n) is 12.5. The number of rotatable bonds is 4. The summed E-state index contributed by atoms with van der Waals surface area (Å²) in [5, 5.41) is 0. The normalized spacial score (nSPS) is 32.0. The van der Waals surface area contributed by atoms with Gasteiger partial charge in [-0.3, -0.25) is 4.79 Å². The van der Waals surface area contributed by atoms with Crippen LogP contribution in [0.1, 0.15) is 38.5 Å². The molecule has 0 aromatic carbocycles. The number of hydrogen-bond acceptors (Lipinski definition) is 3. The Morgan fingerprint density at radius 1 is 1.16 bits per heavy atom. The molecule has 0 bridgehead atoms. The quantitative estimate of drug-likeness (QED) is 0.835. The maximum atomic E-state index is 12.3. The molecule has 19 heavy (non-hydrogen) atoms. The average Bonchev–Trinajstić information content (AvgIpc) is 2.89. The summed E-state index contributed by atoms with van der Waals surface area (Å²) in [6.45, 7) is 2.68. The van der Waals surface area contributed by atoms with E-state index in [2.05, 4.69) is 23.9 Å². The fourth-order valence-electron chi connectivity index (χ4n) is 3.44. The molecule has 2 rings (SSSR count). The second-order valence-electron chi connectivity index (χ2n) is 6.57. The van der Waals surface area contributed by atoms with Gasteiger partial charge in [0.25, 0.3) is 0 Å². The zero-order chi connectivity index (χ0) is 13.8. The Kier molecular flexibility index (Phi) is 5.22. The van der Waals surface area contributed by atoms with Crippen molar-refractivity contribution in [2.45, 2.75) is 44.6 Å². The Bertz CT molecular complexity index is 298. The molecule has 0 spiro atoms. The van der Waals surface area contributed by atoms with Gasteiger partial charge in [-0.1, -0.05) is 0 Å².